The average Bonchev–Trinajstić information content (AvgIpc) is 2.82. The molecule has 0 aromatic heterocycles. The highest BCUT2D eigenvalue weighted by Gasteiger charge is 2.29. The van der Waals surface area contributed by atoms with E-state index in [-0.39, 0.29) is 50.1 Å². The molecular weight excluding hydrogens is 512 g/mol. The van der Waals surface area contributed by atoms with Crippen LogP contribution in [0.1, 0.15) is 77.6 Å². The third-order valence-corrected chi connectivity index (χ3v) is 7.89. The Balaban J connectivity index is 3.14. The minimum atomic E-state index is -1.05. The molecule has 1 aliphatic heterocycles. The Morgan fingerprint density at radius 2 is 1.21 bits per heavy atom. The summed E-state index contributed by atoms with van der Waals surface area (Å²) in [5.41, 5.74) is 0. The molecule has 12 heteroatoms. The van der Waals surface area contributed by atoms with Crippen molar-refractivity contribution in [3.05, 3.63) is 0 Å². The van der Waals surface area contributed by atoms with E-state index in [4.69, 9.17) is 5.11 Å². The monoisotopic (exact) mass is 558 g/mol. The molecule has 4 atom stereocenters. The standard InChI is InChI=1S/C27H46N2O10/c1-19-5-2-3-6-21(22(27(38)39)9-11-24(32)33)7-4-13-28(17-25(34)35)15-16-29(18-26(36)37)14-12-20(19)8-10-23(30)31/h19-22H,2-18H2,1H3,(H,30,31)(H,32,33)(H,34,35)(H,36,37)(H,38,39). The molecule has 0 spiro atoms. The molecule has 0 aliphatic carbocycles. The number of carboxylic acids is 5. The second-order valence-electron chi connectivity index (χ2n) is 10.9. The van der Waals surface area contributed by atoms with Crippen LogP contribution in [0.25, 0.3) is 0 Å². The van der Waals surface area contributed by atoms with Gasteiger partial charge in [0.25, 0.3) is 0 Å². The molecule has 0 amide bonds. The maximum Gasteiger partial charge on any atom is 0.317 e. The number of aliphatic carboxylic acids is 5. The summed E-state index contributed by atoms with van der Waals surface area (Å²) >= 11 is 0. The summed E-state index contributed by atoms with van der Waals surface area (Å²) in [4.78, 5) is 60.8. The first kappa shape index (κ1) is 34.3. The predicted molar refractivity (Wildman–Crippen MR) is 141 cm³/mol. The number of nitrogens with zero attached hydrogens (tertiary/aromatic N) is 2. The fraction of sp³-hybridized carbons (Fsp3) is 0.815. The van der Waals surface area contributed by atoms with E-state index in [1.165, 1.54) is 0 Å². The quantitative estimate of drug-likeness (QED) is 0.235. The van der Waals surface area contributed by atoms with Gasteiger partial charge in [0.2, 0.25) is 0 Å². The summed E-state index contributed by atoms with van der Waals surface area (Å²) in [6, 6.07) is 0. The minimum Gasteiger partial charge on any atom is -0.481 e. The fourth-order valence-electron chi connectivity index (χ4n) is 5.65. The first-order valence-electron chi connectivity index (χ1n) is 13.9. The van der Waals surface area contributed by atoms with E-state index < -0.39 is 35.8 Å². The number of hydrogen-bond donors (Lipinski definition) is 5. The number of hydrogen-bond acceptors (Lipinski definition) is 7. The highest BCUT2D eigenvalue weighted by molar-refractivity contribution is 5.72. The normalized spacial score (nSPS) is 24.0. The SMILES string of the molecule is CC1CCCCC(C(CCC(=O)O)C(=O)O)CCCN(CC(=O)O)CCN(CC(=O)O)CCC1CCC(=O)O. The highest BCUT2D eigenvalue weighted by Crippen LogP contribution is 2.31. The minimum absolute atomic E-state index is 0.0201. The average molecular weight is 559 g/mol. The number of carbonyl (C=O) groups is 5. The zero-order chi connectivity index (χ0) is 29.4. The molecule has 0 aromatic carbocycles. The Hall–Kier alpha value is -2.73. The largest absolute Gasteiger partial charge is 0.481 e. The van der Waals surface area contributed by atoms with Gasteiger partial charge in [-0.3, -0.25) is 33.8 Å². The Kier molecular flexibility index (Phi) is 16.3. The molecule has 39 heavy (non-hydrogen) atoms. The van der Waals surface area contributed by atoms with Crippen LogP contribution in [0.5, 0.6) is 0 Å². The summed E-state index contributed by atoms with van der Waals surface area (Å²) in [7, 11) is 0. The lowest BCUT2D eigenvalue weighted by atomic mass is 9.80. The molecule has 1 rings (SSSR count). The first-order chi connectivity index (χ1) is 18.4. The van der Waals surface area contributed by atoms with Crippen molar-refractivity contribution in [1.82, 2.24) is 9.80 Å². The molecule has 12 nitrogen and oxygen atoms in total. The van der Waals surface area contributed by atoms with Crippen molar-refractivity contribution in [3.8, 4) is 0 Å². The van der Waals surface area contributed by atoms with Crippen molar-refractivity contribution in [2.75, 3.05) is 39.3 Å². The van der Waals surface area contributed by atoms with Crippen LogP contribution in [0.4, 0.5) is 0 Å². The van der Waals surface area contributed by atoms with Gasteiger partial charge in [-0.15, -0.1) is 0 Å². The summed E-state index contributed by atoms with van der Waals surface area (Å²) in [6.07, 6.45) is 4.99. The van der Waals surface area contributed by atoms with Crippen LogP contribution in [-0.2, 0) is 24.0 Å². The second kappa shape index (κ2) is 18.5. The summed E-state index contributed by atoms with van der Waals surface area (Å²) in [6.45, 7) is 3.15. The van der Waals surface area contributed by atoms with Crippen molar-refractivity contribution < 1.29 is 49.5 Å². The second-order valence-corrected chi connectivity index (χ2v) is 10.9. The Labute approximate surface area is 230 Å². The van der Waals surface area contributed by atoms with Crippen LogP contribution >= 0.6 is 0 Å². The van der Waals surface area contributed by atoms with Gasteiger partial charge >= 0.3 is 29.8 Å². The smallest absolute Gasteiger partial charge is 0.317 e. The molecule has 0 bridgehead atoms. The zero-order valence-corrected chi connectivity index (χ0v) is 23.0. The van der Waals surface area contributed by atoms with Crippen LogP contribution < -0.4 is 0 Å². The van der Waals surface area contributed by atoms with Crippen LogP contribution in [0.3, 0.4) is 0 Å². The van der Waals surface area contributed by atoms with Crippen molar-refractivity contribution >= 4 is 29.8 Å². The Bertz CT molecular complexity index is 805. The summed E-state index contributed by atoms with van der Waals surface area (Å²) in [5.74, 6) is -5.76. The van der Waals surface area contributed by atoms with E-state index in [0.717, 1.165) is 19.3 Å². The molecule has 5 N–H and O–H groups in total. The van der Waals surface area contributed by atoms with Crippen molar-refractivity contribution in [1.29, 1.82) is 0 Å². The van der Waals surface area contributed by atoms with Gasteiger partial charge in [0.05, 0.1) is 19.0 Å². The van der Waals surface area contributed by atoms with E-state index in [2.05, 4.69) is 6.92 Å². The highest BCUT2D eigenvalue weighted by atomic mass is 16.4. The van der Waals surface area contributed by atoms with E-state index in [0.29, 0.717) is 58.3 Å². The zero-order valence-electron chi connectivity index (χ0n) is 23.0. The molecule has 4 unspecified atom stereocenters. The third-order valence-electron chi connectivity index (χ3n) is 7.89. The van der Waals surface area contributed by atoms with E-state index in [1.807, 2.05) is 0 Å². The van der Waals surface area contributed by atoms with Gasteiger partial charge in [0.15, 0.2) is 0 Å². The van der Waals surface area contributed by atoms with Gasteiger partial charge in [-0.1, -0.05) is 26.2 Å². The molecule has 1 aliphatic rings. The maximum absolute atomic E-state index is 12.0. The van der Waals surface area contributed by atoms with Crippen molar-refractivity contribution in [3.63, 3.8) is 0 Å². The lowest BCUT2D eigenvalue weighted by molar-refractivity contribution is -0.145. The molecular formula is C27H46N2O10. The van der Waals surface area contributed by atoms with Gasteiger partial charge < -0.3 is 25.5 Å². The lowest BCUT2D eigenvalue weighted by Crippen LogP contribution is -2.41. The van der Waals surface area contributed by atoms with E-state index >= 15 is 0 Å². The van der Waals surface area contributed by atoms with Crippen LogP contribution in [0.15, 0.2) is 0 Å². The van der Waals surface area contributed by atoms with Crippen molar-refractivity contribution in [2.24, 2.45) is 23.7 Å². The van der Waals surface area contributed by atoms with Gasteiger partial charge in [-0.05, 0) is 69.4 Å². The van der Waals surface area contributed by atoms with Crippen LogP contribution in [0, 0.1) is 23.7 Å². The molecule has 224 valence electrons. The maximum atomic E-state index is 12.0. The van der Waals surface area contributed by atoms with E-state index in [1.54, 1.807) is 9.80 Å². The first-order valence-corrected chi connectivity index (χ1v) is 13.9. The molecule has 0 saturated carbocycles. The molecule has 1 fully saturated rings. The third kappa shape index (κ3) is 15.4. The van der Waals surface area contributed by atoms with Gasteiger partial charge in [0.1, 0.15) is 0 Å². The van der Waals surface area contributed by atoms with Gasteiger partial charge in [-0.25, -0.2) is 0 Å². The molecule has 0 aromatic rings. The number of rotatable bonds is 12. The fourth-order valence-corrected chi connectivity index (χ4v) is 5.65. The van der Waals surface area contributed by atoms with Crippen LogP contribution in [0.2, 0.25) is 0 Å². The summed E-state index contributed by atoms with van der Waals surface area (Å²) in [5, 5.41) is 46.9. The lowest BCUT2D eigenvalue weighted by Gasteiger charge is -2.30. The molecule has 1 heterocycles. The topological polar surface area (TPSA) is 193 Å². The Morgan fingerprint density at radius 3 is 1.74 bits per heavy atom. The van der Waals surface area contributed by atoms with E-state index in [9.17, 15) is 44.4 Å². The Morgan fingerprint density at radius 1 is 0.667 bits per heavy atom. The summed E-state index contributed by atoms with van der Waals surface area (Å²) < 4.78 is 0. The van der Waals surface area contributed by atoms with Crippen LogP contribution in [-0.4, -0.2) is 104 Å². The molecule has 0 radical (unpaired) electrons. The molecule has 1 saturated heterocycles. The number of carboxylic acid groups (broad SMARTS) is 5. The predicted octanol–water partition coefficient (Wildman–Crippen LogP) is 2.80. The van der Waals surface area contributed by atoms with Gasteiger partial charge in [-0.2, -0.15) is 0 Å². The van der Waals surface area contributed by atoms with Crippen molar-refractivity contribution in [2.45, 2.75) is 77.6 Å². The van der Waals surface area contributed by atoms with Gasteiger partial charge in [0, 0.05) is 25.9 Å².